The molecule has 94 valence electrons. The topological polar surface area (TPSA) is 53.4 Å². The molecule has 0 atom stereocenters. The minimum absolute atomic E-state index is 0.266. The molecule has 0 aliphatic rings. The lowest BCUT2D eigenvalue weighted by Gasteiger charge is -2.18. The molecule has 1 aromatic heterocycles. The summed E-state index contributed by atoms with van der Waals surface area (Å²) in [7, 11) is 3.02. The molecule has 0 saturated heterocycles. The van der Waals surface area contributed by atoms with Crippen LogP contribution in [0.1, 0.15) is 17.0 Å². The highest BCUT2D eigenvalue weighted by atomic mass is 16.7. The van der Waals surface area contributed by atoms with Gasteiger partial charge in [-0.15, -0.1) is 0 Å². The molecule has 0 amide bonds. The fraction of sp³-hybridized carbons (Fsp3) is 0.231. The fourth-order valence-corrected chi connectivity index (χ4v) is 1.81. The van der Waals surface area contributed by atoms with Crippen molar-refractivity contribution in [1.29, 1.82) is 0 Å². The van der Waals surface area contributed by atoms with Crippen LogP contribution in [0.3, 0.4) is 0 Å². The molecule has 1 heterocycles. The average molecular weight is 246 g/mol. The quantitative estimate of drug-likeness (QED) is 0.599. The van der Waals surface area contributed by atoms with Gasteiger partial charge in [-0.2, -0.15) is 0 Å². The summed E-state index contributed by atoms with van der Waals surface area (Å²) in [6.07, 6.45) is 1.63. The number of aromatic nitrogens is 2. The molecule has 1 aromatic carbocycles. The smallest absolute Gasteiger partial charge is 0.245 e. The van der Waals surface area contributed by atoms with Gasteiger partial charge in [-0.3, -0.25) is 9.36 Å². The number of aldehydes is 1. The molecule has 0 saturated carbocycles. The van der Waals surface area contributed by atoms with Crippen LogP contribution in [-0.2, 0) is 9.47 Å². The lowest BCUT2D eigenvalue weighted by Crippen LogP contribution is -2.16. The zero-order valence-electron chi connectivity index (χ0n) is 10.2. The molecule has 0 radical (unpaired) electrons. The van der Waals surface area contributed by atoms with E-state index in [0.29, 0.717) is 6.29 Å². The van der Waals surface area contributed by atoms with Gasteiger partial charge in [0, 0.05) is 14.2 Å². The molecule has 0 N–H and O–H groups in total. The fourth-order valence-electron chi connectivity index (χ4n) is 1.81. The number of benzene rings is 1. The summed E-state index contributed by atoms with van der Waals surface area (Å²) >= 11 is 0. The van der Waals surface area contributed by atoms with E-state index in [9.17, 15) is 4.79 Å². The van der Waals surface area contributed by atoms with Crippen molar-refractivity contribution in [3.63, 3.8) is 0 Å². The van der Waals surface area contributed by atoms with Crippen molar-refractivity contribution in [2.45, 2.75) is 6.41 Å². The zero-order chi connectivity index (χ0) is 13.0. The number of ether oxygens (including phenoxy) is 2. The van der Waals surface area contributed by atoms with Crippen molar-refractivity contribution in [1.82, 2.24) is 9.55 Å². The summed E-state index contributed by atoms with van der Waals surface area (Å²) in [5, 5.41) is 0. The third-order valence-electron chi connectivity index (χ3n) is 2.61. The van der Waals surface area contributed by atoms with Crippen LogP contribution in [0, 0.1) is 0 Å². The average Bonchev–Trinajstić information content (AvgIpc) is 2.85. The Morgan fingerprint density at radius 2 is 1.89 bits per heavy atom. The third kappa shape index (κ3) is 2.18. The number of methoxy groups -OCH3 is 2. The van der Waals surface area contributed by atoms with Crippen molar-refractivity contribution in [3.8, 4) is 11.3 Å². The number of rotatable bonds is 5. The van der Waals surface area contributed by atoms with Gasteiger partial charge in [0.2, 0.25) is 6.41 Å². The van der Waals surface area contributed by atoms with Crippen molar-refractivity contribution in [2.24, 2.45) is 0 Å². The third-order valence-corrected chi connectivity index (χ3v) is 2.61. The molecule has 2 rings (SSSR count). The summed E-state index contributed by atoms with van der Waals surface area (Å²) in [4.78, 5) is 15.1. The van der Waals surface area contributed by atoms with E-state index in [1.54, 1.807) is 10.8 Å². The first kappa shape index (κ1) is 12.5. The van der Waals surface area contributed by atoms with Crippen LogP contribution >= 0.6 is 0 Å². The summed E-state index contributed by atoms with van der Waals surface area (Å²) in [5.41, 5.74) is 1.71. The first-order chi connectivity index (χ1) is 8.81. The van der Waals surface area contributed by atoms with E-state index in [1.807, 2.05) is 30.3 Å². The highest BCUT2D eigenvalue weighted by Gasteiger charge is 2.18. The normalized spacial score (nSPS) is 10.8. The summed E-state index contributed by atoms with van der Waals surface area (Å²) in [6.45, 7) is 0. The maximum atomic E-state index is 11.0. The second-order valence-corrected chi connectivity index (χ2v) is 3.63. The molecule has 0 unspecified atom stereocenters. The van der Waals surface area contributed by atoms with E-state index in [4.69, 9.17) is 9.47 Å². The Bertz CT molecular complexity index is 518. The minimum Gasteiger partial charge on any atom is -0.338 e. The van der Waals surface area contributed by atoms with Crippen molar-refractivity contribution >= 4 is 6.29 Å². The van der Waals surface area contributed by atoms with E-state index in [0.717, 1.165) is 11.3 Å². The lowest BCUT2D eigenvalue weighted by atomic mass is 10.2. The predicted molar refractivity (Wildman–Crippen MR) is 66.1 cm³/mol. The molecular formula is C13H14N2O3. The number of carbonyl (C=O) groups excluding carboxylic acids is 1. The van der Waals surface area contributed by atoms with Crippen LogP contribution in [0.2, 0.25) is 0 Å². The van der Waals surface area contributed by atoms with Gasteiger partial charge in [-0.25, -0.2) is 4.98 Å². The summed E-state index contributed by atoms with van der Waals surface area (Å²) < 4.78 is 12.0. The molecule has 2 aromatic rings. The molecule has 5 heteroatoms. The highest BCUT2D eigenvalue weighted by Crippen LogP contribution is 2.24. The largest absolute Gasteiger partial charge is 0.338 e. The summed E-state index contributed by atoms with van der Waals surface area (Å²) in [6, 6.07) is 9.63. The monoisotopic (exact) mass is 246 g/mol. The Labute approximate surface area is 105 Å². The van der Waals surface area contributed by atoms with Gasteiger partial charge in [-0.05, 0) is 5.56 Å². The van der Waals surface area contributed by atoms with E-state index in [1.165, 1.54) is 14.2 Å². The number of hydrogen-bond donors (Lipinski definition) is 0. The number of nitrogens with zero attached hydrogens (tertiary/aromatic N) is 2. The second kappa shape index (κ2) is 5.57. The van der Waals surface area contributed by atoms with Gasteiger partial charge < -0.3 is 9.47 Å². The predicted octanol–water partition coefficient (Wildman–Crippen LogP) is 2.11. The Balaban J connectivity index is 2.55. The first-order valence-corrected chi connectivity index (χ1v) is 5.45. The van der Waals surface area contributed by atoms with Crippen LogP contribution < -0.4 is 0 Å². The SMILES string of the molecule is COC(OC)n1c(-c2ccccc2)cnc1C=O. The van der Waals surface area contributed by atoms with E-state index in [2.05, 4.69) is 4.98 Å². The first-order valence-electron chi connectivity index (χ1n) is 5.45. The molecular weight excluding hydrogens is 232 g/mol. The Morgan fingerprint density at radius 1 is 1.22 bits per heavy atom. The van der Waals surface area contributed by atoms with E-state index < -0.39 is 6.41 Å². The van der Waals surface area contributed by atoms with Gasteiger partial charge in [-0.1, -0.05) is 30.3 Å². The molecule has 0 spiro atoms. The highest BCUT2D eigenvalue weighted by molar-refractivity contribution is 5.73. The Hall–Kier alpha value is -1.98. The van der Waals surface area contributed by atoms with E-state index >= 15 is 0 Å². The number of hydrogen-bond acceptors (Lipinski definition) is 4. The second-order valence-electron chi connectivity index (χ2n) is 3.63. The van der Waals surface area contributed by atoms with Gasteiger partial charge in [0.15, 0.2) is 12.1 Å². The minimum atomic E-state index is -0.678. The van der Waals surface area contributed by atoms with Crippen LogP contribution in [0.4, 0.5) is 0 Å². The Kier molecular flexibility index (Phi) is 3.86. The molecule has 0 fully saturated rings. The number of imidazole rings is 1. The van der Waals surface area contributed by atoms with Gasteiger partial charge in [0.05, 0.1) is 11.9 Å². The van der Waals surface area contributed by atoms with Crippen LogP contribution in [-0.4, -0.2) is 30.1 Å². The zero-order valence-corrected chi connectivity index (χ0v) is 10.2. The lowest BCUT2D eigenvalue weighted by molar-refractivity contribution is -0.155. The van der Waals surface area contributed by atoms with Crippen LogP contribution in [0.5, 0.6) is 0 Å². The maximum absolute atomic E-state index is 11.0. The van der Waals surface area contributed by atoms with Gasteiger partial charge in [0.1, 0.15) is 0 Å². The molecule has 0 bridgehead atoms. The Morgan fingerprint density at radius 3 is 2.44 bits per heavy atom. The molecule has 0 aliphatic carbocycles. The molecule has 0 aliphatic heterocycles. The summed E-state index contributed by atoms with van der Waals surface area (Å²) in [5.74, 6) is 0.266. The van der Waals surface area contributed by atoms with Gasteiger partial charge in [0.25, 0.3) is 0 Å². The standard InChI is InChI=1S/C13H14N2O3/c1-17-13(18-2)15-11(8-14-12(15)9-16)10-6-4-3-5-7-10/h3-9,13H,1-2H3. The molecule has 5 nitrogen and oxygen atoms in total. The molecule has 18 heavy (non-hydrogen) atoms. The van der Waals surface area contributed by atoms with Gasteiger partial charge >= 0.3 is 0 Å². The van der Waals surface area contributed by atoms with Crippen molar-refractivity contribution < 1.29 is 14.3 Å². The van der Waals surface area contributed by atoms with Crippen LogP contribution in [0.25, 0.3) is 11.3 Å². The van der Waals surface area contributed by atoms with E-state index in [-0.39, 0.29) is 5.82 Å². The number of carbonyl (C=O) groups is 1. The van der Waals surface area contributed by atoms with Crippen molar-refractivity contribution in [3.05, 3.63) is 42.4 Å². The maximum Gasteiger partial charge on any atom is 0.245 e. The van der Waals surface area contributed by atoms with Crippen molar-refractivity contribution in [2.75, 3.05) is 14.2 Å². The van der Waals surface area contributed by atoms with Crippen LogP contribution in [0.15, 0.2) is 36.5 Å².